The number of benzene rings is 1. The van der Waals surface area contributed by atoms with Crippen molar-refractivity contribution in [2.24, 2.45) is 5.92 Å². The highest BCUT2D eigenvalue weighted by atomic mass is 19.4. The Bertz CT molecular complexity index is 481. The minimum Gasteiger partial charge on any atom is -0.376 e. The minimum absolute atomic E-state index is 0.0795. The molecule has 1 fully saturated rings. The number of hydrogen-bond donors (Lipinski definition) is 0. The molecule has 1 aromatic rings. The molecule has 22 heavy (non-hydrogen) atoms. The molecule has 122 valence electrons. The molecule has 1 saturated carbocycles. The molecule has 0 radical (unpaired) electrons. The number of rotatable bonds is 5. The maximum Gasteiger partial charge on any atom is 0.416 e. The summed E-state index contributed by atoms with van der Waals surface area (Å²) in [6, 6.07) is 4.15. The van der Waals surface area contributed by atoms with E-state index in [0.717, 1.165) is 31.2 Å². The van der Waals surface area contributed by atoms with Crippen molar-refractivity contribution in [3.05, 3.63) is 34.9 Å². The van der Waals surface area contributed by atoms with Crippen molar-refractivity contribution >= 4 is 7.28 Å². The van der Waals surface area contributed by atoms with Gasteiger partial charge in [-0.05, 0) is 42.0 Å². The fourth-order valence-corrected chi connectivity index (χ4v) is 3.56. The second kappa shape index (κ2) is 7.54. The minimum atomic E-state index is -4.28. The molecule has 1 nitrogen and oxygen atoms in total. The highest BCUT2D eigenvalue weighted by Crippen LogP contribution is 2.39. The average Bonchev–Trinajstić information content (AvgIpc) is 2.50. The molecular weight excluding hydrogens is 288 g/mol. The van der Waals surface area contributed by atoms with Crippen molar-refractivity contribution in [1.29, 1.82) is 0 Å². The van der Waals surface area contributed by atoms with E-state index in [4.69, 9.17) is 4.74 Å². The summed E-state index contributed by atoms with van der Waals surface area (Å²) in [6.45, 7) is 1.99. The Morgan fingerprint density at radius 2 is 1.91 bits per heavy atom. The van der Waals surface area contributed by atoms with Gasteiger partial charge in [0.15, 0.2) is 0 Å². The Labute approximate surface area is 131 Å². The third-order valence-electron chi connectivity index (χ3n) is 4.63. The van der Waals surface area contributed by atoms with E-state index in [9.17, 15) is 13.2 Å². The van der Waals surface area contributed by atoms with Crippen LogP contribution in [0.4, 0.5) is 13.2 Å². The van der Waals surface area contributed by atoms with Gasteiger partial charge in [0, 0.05) is 7.11 Å². The van der Waals surface area contributed by atoms with E-state index in [0.29, 0.717) is 12.2 Å². The Morgan fingerprint density at radius 1 is 1.23 bits per heavy atom. The number of methoxy groups -OCH3 is 1. The van der Waals surface area contributed by atoms with E-state index in [-0.39, 0.29) is 6.10 Å². The van der Waals surface area contributed by atoms with Crippen molar-refractivity contribution in [3.8, 4) is 0 Å². The van der Waals surface area contributed by atoms with Gasteiger partial charge < -0.3 is 4.74 Å². The lowest BCUT2D eigenvalue weighted by Crippen LogP contribution is -2.20. The van der Waals surface area contributed by atoms with E-state index in [1.807, 2.05) is 6.82 Å². The lowest BCUT2D eigenvalue weighted by Gasteiger charge is -2.31. The molecule has 0 aromatic heterocycles. The predicted molar refractivity (Wildman–Crippen MR) is 84.5 cm³/mol. The normalized spacial score (nSPS) is 18.2. The largest absolute Gasteiger partial charge is 0.416 e. The SMILES string of the molecule is CBCc1cc(C(F)(F)F)ccc1C(OC)C1CCCCC1. The van der Waals surface area contributed by atoms with Crippen molar-refractivity contribution in [2.45, 2.75) is 57.5 Å². The first-order chi connectivity index (χ1) is 10.5. The second-order valence-electron chi connectivity index (χ2n) is 6.22. The summed E-state index contributed by atoms with van der Waals surface area (Å²) in [4.78, 5) is 0. The molecule has 1 atom stereocenters. The van der Waals surface area contributed by atoms with E-state index in [1.54, 1.807) is 13.2 Å². The zero-order valence-electron chi connectivity index (χ0n) is 13.4. The summed E-state index contributed by atoms with van der Waals surface area (Å²) in [5.41, 5.74) is 1.18. The maximum absolute atomic E-state index is 12.9. The highest BCUT2D eigenvalue weighted by Gasteiger charge is 2.32. The molecule has 1 aromatic carbocycles. The van der Waals surface area contributed by atoms with Crippen LogP contribution < -0.4 is 0 Å². The average molecular weight is 312 g/mol. The van der Waals surface area contributed by atoms with Crippen LogP contribution in [0.2, 0.25) is 6.82 Å². The van der Waals surface area contributed by atoms with E-state index >= 15 is 0 Å². The lowest BCUT2D eigenvalue weighted by atomic mass is 9.72. The van der Waals surface area contributed by atoms with Crippen LogP contribution >= 0.6 is 0 Å². The third kappa shape index (κ3) is 4.06. The van der Waals surface area contributed by atoms with Gasteiger partial charge in [-0.2, -0.15) is 13.2 Å². The zero-order valence-corrected chi connectivity index (χ0v) is 13.4. The Hall–Kier alpha value is -0.965. The predicted octanol–water partition coefficient (Wildman–Crippen LogP) is 4.96. The van der Waals surface area contributed by atoms with Crippen LogP contribution in [0, 0.1) is 5.92 Å². The maximum atomic E-state index is 12.9. The summed E-state index contributed by atoms with van der Waals surface area (Å²) >= 11 is 0. The van der Waals surface area contributed by atoms with Gasteiger partial charge in [-0.25, -0.2) is 0 Å². The topological polar surface area (TPSA) is 9.23 Å². The molecule has 0 saturated heterocycles. The fourth-order valence-electron chi connectivity index (χ4n) is 3.56. The van der Waals surface area contributed by atoms with Crippen LogP contribution in [0.25, 0.3) is 0 Å². The third-order valence-corrected chi connectivity index (χ3v) is 4.63. The van der Waals surface area contributed by atoms with Crippen LogP contribution in [0.15, 0.2) is 18.2 Å². The van der Waals surface area contributed by atoms with Crippen molar-refractivity contribution in [3.63, 3.8) is 0 Å². The summed E-state index contributed by atoms with van der Waals surface area (Å²) < 4.78 is 44.5. The molecule has 0 heterocycles. The van der Waals surface area contributed by atoms with Gasteiger partial charge in [0.1, 0.15) is 7.28 Å². The Kier molecular flexibility index (Phi) is 5.96. The Balaban J connectivity index is 2.34. The second-order valence-corrected chi connectivity index (χ2v) is 6.22. The van der Waals surface area contributed by atoms with Gasteiger partial charge in [-0.1, -0.05) is 38.5 Å². The van der Waals surface area contributed by atoms with Crippen molar-refractivity contribution in [2.75, 3.05) is 7.11 Å². The molecule has 0 aliphatic heterocycles. The number of alkyl halides is 3. The van der Waals surface area contributed by atoms with Gasteiger partial charge in [0.05, 0.1) is 11.7 Å². The molecule has 2 rings (SSSR count). The van der Waals surface area contributed by atoms with Gasteiger partial charge in [-0.3, -0.25) is 0 Å². The number of halogens is 3. The summed E-state index contributed by atoms with van der Waals surface area (Å²) in [7, 11) is 2.50. The molecular formula is C17H24BF3O. The van der Waals surface area contributed by atoms with Gasteiger partial charge in [-0.15, -0.1) is 0 Å². The molecule has 5 heteroatoms. The zero-order chi connectivity index (χ0) is 16.2. The first-order valence-corrected chi connectivity index (χ1v) is 8.20. The molecule has 0 bridgehead atoms. The summed E-state index contributed by atoms with van der Waals surface area (Å²) in [5, 5.41) is 0. The van der Waals surface area contributed by atoms with Gasteiger partial charge >= 0.3 is 6.18 Å². The molecule has 1 aliphatic carbocycles. The first-order valence-electron chi connectivity index (χ1n) is 8.20. The summed E-state index contributed by atoms with van der Waals surface area (Å²) in [5.74, 6) is 0.422. The van der Waals surface area contributed by atoms with Gasteiger partial charge in [0.2, 0.25) is 0 Å². The first kappa shape index (κ1) is 17.4. The fraction of sp³-hybridized carbons (Fsp3) is 0.647. The Morgan fingerprint density at radius 3 is 2.45 bits per heavy atom. The lowest BCUT2D eigenvalue weighted by molar-refractivity contribution is -0.137. The van der Waals surface area contributed by atoms with E-state index < -0.39 is 11.7 Å². The van der Waals surface area contributed by atoms with E-state index in [1.165, 1.54) is 31.4 Å². The molecule has 1 unspecified atom stereocenters. The standard InChI is InChI=1S/C17H24BF3O/c1-18-11-13-10-14(17(19,20)21)8-9-15(13)16(22-2)12-6-4-3-5-7-12/h8-10,12,16,18H,3-7,11H2,1-2H3. The van der Waals surface area contributed by atoms with Crippen LogP contribution in [0.1, 0.15) is 54.9 Å². The van der Waals surface area contributed by atoms with Gasteiger partial charge in [0.25, 0.3) is 0 Å². The highest BCUT2D eigenvalue weighted by molar-refractivity contribution is 6.32. The number of hydrogen-bond acceptors (Lipinski definition) is 1. The van der Waals surface area contributed by atoms with Crippen LogP contribution in [0.3, 0.4) is 0 Å². The van der Waals surface area contributed by atoms with Crippen LogP contribution in [-0.4, -0.2) is 14.4 Å². The molecule has 0 amide bonds. The monoisotopic (exact) mass is 312 g/mol. The molecule has 1 aliphatic rings. The molecule has 0 N–H and O–H groups in total. The quantitative estimate of drug-likeness (QED) is 0.698. The molecule has 0 spiro atoms. The van der Waals surface area contributed by atoms with Crippen LogP contribution in [-0.2, 0) is 17.2 Å². The van der Waals surface area contributed by atoms with Crippen molar-refractivity contribution in [1.82, 2.24) is 0 Å². The van der Waals surface area contributed by atoms with Crippen LogP contribution in [0.5, 0.6) is 0 Å². The smallest absolute Gasteiger partial charge is 0.376 e. The van der Waals surface area contributed by atoms with E-state index in [2.05, 4.69) is 0 Å². The summed E-state index contributed by atoms with van der Waals surface area (Å²) in [6.07, 6.45) is 2.13. The number of ether oxygens (including phenoxy) is 1. The van der Waals surface area contributed by atoms with Crippen molar-refractivity contribution < 1.29 is 17.9 Å².